The highest BCUT2D eigenvalue weighted by Crippen LogP contribution is 2.41. The number of thiazole rings is 2. The molecular formula is C63H71F7N14O8S6. The molecule has 0 aliphatic carbocycles. The number of aliphatic hydroxyl groups is 1. The van der Waals surface area contributed by atoms with Gasteiger partial charge in [0.2, 0.25) is 0 Å². The summed E-state index contributed by atoms with van der Waals surface area (Å²) in [6.45, 7) is 11.9. The van der Waals surface area contributed by atoms with Gasteiger partial charge >= 0.3 is 0 Å². The Bertz CT molecular complexity index is 4180. The van der Waals surface area contributed by atoms with E-state index in [1.165, 1.54) is 68.8 Å². The minimum absolute atomic E-state index is 0.00706. The molecule has 0 saturated carbocycles. The highest BCUT2D eigenvalue weighted by molar-refractivity contribution is 8.00. The van der Waals surface area contributed by atoms with E-state index in [9.17, 15) is 50.2 Å². The zero-order chi connectivity index (χ0) is 70.9. The smallest absolute Gasteiger partial charge is 0.297 e. The van der Waals surface area contributed by atoms with Crippen LogP contribution in [0.15, 0.2) is 76.4 Å². The summed E-state index contributed by atoms with van der Waals surface area (Å²) >= 11 is 6.72. The van der Waals surface area contributed by atoms with Crippen molar-refractivity contribution in [2.24, 2.45) is 0 Å². The Kier molecular flexibility index (Phi) is 27.9. The van der Waals surface area contributed by atoms with Crippen molar-refractivity contribution in [2.75, 3.05) is 92.0 Å². The Morgan fingerprint density at radius 2 is 0.939 bits per heavy atom. The fraction of sp³-hybridized carbons (Fsp3) is 0.460. The van der Waals surface area contributed by atoms with Crippen LogP contribution in [0.25, 0.3) is 33.1 Å². The Balaban J connectivity index is 0.000000183. The van der Waals surface area contributed by atoms with Crippen molar-refractivity contribution in [3.05, 3.63) is 108 Å². The maximum Gasteiger partial charge on any atom is 0.297 e. The fourth-order valence-electron chi connectivity index (χ4n) is 9.90. The third-order valence-electron chi connectivity index (χ3n) is 15.2. The number of ether oxygens (including phenoxy) is 4. The number of fused-ring (bicyclic) bond motifs is 3. The Morgan fingerprint density at radius 3 is 1.33 bits per heavy atom. The number of pyridine rings is 3. The second kappa shape index (κ2) is 35.5. The molecule has 0 amide bonds. The molecule has 0 aromatic carbocycles. The van der Waals surface area contributed by atoms with Crippen LogP contribution < -0.4 is 24.8 Å². The van der Waals surface area contributed by atoms with Crippen molar-refractivity contribution in [1.29, 1.82) is 0 Å². The van der Waals surface area contributed by atoms with E-state index in [4.69, 9.17) is 18.9 Å². The van der Waals surface area contributed by atoms with Gasteiger partial charge in [-0.3, -0.25) is 14.4 Å². The summed E-state index contributed by atoms with van der Waals surface area (Å²) < 4.78 is 115. The van der Waals surface area contributed by atoms with E-state index < -0.39 is 53.6 Å². The molecule has 9 aromatic rings. The predicted octanol–water partition coefficient (Wildman–Crippen LogP) is 13.2. The summed E-state index contributed by atoms with van der Waals surface area (Å²) in [6, 6.07) is 8.33. The molecule has 3 aliphatic rings. The van der Waals surface area contributed by atoms with E-state index >= 15 is 0 Å². The molecule has 12 rings (SSSR count). The van der Waals surface area contributed by atoms with Crippen LogP contribution in [0.3, 0.4) is 0 Å². The maximum atomic E-state index is 14.8. The second-order valence-electron chi connectivity index (χ2n) is 21.3. The van der Waals surface area contributed by atoms with Crippen molar-refractivity contribution in [3.8, 4) is 17.2 Å². The topological polar surface area (TPSA) is 277 Å². The molecule has 3 saturated heterocycles. The third kappa shape index (κ3) is 18.8. The number of ketones is 3. The summed E-state index contributed by atoms with van der Waals surface area (Å²) in [5.74, 6) is -1.31. The molecule has 3 N–H and O–H groups in total. The third-order valence-corrected chi connectivity index (χ3v) is 22.0. The first kappa shape index (κ1) is 76.9. The van der Waals surface area contributed by atoms with E-state index in [2.05, 4.69) is 70.4 Å². The van der Waals surface area contributed by atoms with Gasteiger partial charge in [0.25, 0.3) is 19.3 Å². The molecule has 0 bridgehead atoms. The number of carbonyl (C=O) groups is 3. The Hall–Kier alpha value is -6.80. The standard InChI is InChI=1S/C21H22F2N4O3S2.C20H21F2N5O3S2.C18H16F3N5O2S2.2C2H6/c1-27-7-5-21(29,6-8-27)16-4-3-15(32-16)14(28)11-31-20-13-9-12(30-2)10-24-18(13)25-19(26-20)17(22)23;1-29-11-7-12-16(24-8-11)26-17(15(21)22)27-18(12)31-10-13(28)14-9-25-19(32-14)20(30-2)3-5-23-6-4-20;1-28-9-4-10-14(23-5-9)25-15(13(19)20)26-16(10)29-7-11(27)12-6-24-17(30-12)18(21)2-3-22-8-18;2*1-2/h3-4,9-10,17,29H,5-8,11H2,1-2H3;7-9,15,23H,3-6,10H2,1-2H3;4-6,13,22H,2-3,7-8H2,1H3;2*1-2H3. The van der Waals surface area contributed by atoms with Gasteiger partial charge < -0.3 is 39.6 Å². The van der Waals surface area contributed by atoms with Gasteiger partial charge in [-0.25, -0.2) is 85.6 Å². The van der Waals surface area contributed by atoms with Gasteiger partial charge in [0.15, 0.2) is 57.4 Å². The zero-order valence-electron chi connectivity index (χ0n) is 54.7. The molecule has 35 heteroatoms. The first-order valence-corrected chi connectivity index (χ1v) is 36.1. The lowest BCUT2D eigenvalue weighted by molar-refractivity contribution is -0.0392. The van der Waals surface area contributed by atoms with Gasteiger partial charge in [-0.2, -0.15) is 0 Å². The second-order valence-corrected chi connectivity index (χ2v) is 27.4. The number of carbonyl (C=O) groups excluding carboxylic acids is 3. The number of alkyl halides is 7. The number of Topliss-reactive ketones (excluding diaryl/α,β-unsaturated/α-hetero) is 3. The summed E-state index contributed by atoms with van der Waals surface area (Å²) in [6.07, 6.45) is 1.58. The number of methoxy groups -OCH3 is 4. The highest BCUT2D eigenvalue weighted by atomic mass is 32.2. The first-order valence-electron chi connectivity index (χ1n) is 30.7. The molecule has 0 radical (unpaired) electrons. The number of nitrogens with one attached hydrogen (secondary N) is 2. The molecular weight excluding hydrogens is 1410 g/mol. The van der Waals surface area contributed by atoms with Crippen molar-refractivity contribution in [3.63, 3.8) is 0 Å². The van der Waals surface area contributed by atoms with Crippen LogP contribution in [-0.2, 0) is 21.6 Å². The summed E-state index contributed by atoms with van der Waals surface area (Å²) in [5.41, 5.74) is -2.63. The summed E-state index contributed by atoms with van der Waals surface area (Å²) in [7, 11) is 8.07. The lowest BCUT2D eigenvalue weighted by Gasteiger charge is -2.35. The van der Waals surface area contributed by atoms with E-state index in [1.807, 2.05) is 34.7 Å². The highest BCUT2D eigenvalue weighted by Gasteiger charge is 2.40. The average molecular weight is 1480 g/mol. The Labute approximate surface area is 584 Å². The molecule has 9 aromatic heterocycles. The zero-order valence-corrected chi connectivity index (χ0v) is 59.6. The molecule has 22 nitrogen and oxygen atoms in total. The van der Waals surface area contributed by atoms with Crippen molar-refractivity contribution in [1.82, 2.24) is 70.4 Å². The van der Waals surface area contributed by atoms with Crippen LogP contribution in [0.5, 0.6) is 17.2 Å². The van der Waals surface area contributed by atoms with E-state index in [0.717, 1.165) is 95.5 Å². The lowest BCUT2D eigenvalue weighted by Crippen LogP contribution is -2.41. The Morgan fingerprint density at radius 1 is 0.541 bits per heavy atom. The molecule has 3 aliphatic heterocycles. The number of thioether (sulfide) groups is 3. The number of piperidine rings is 2. The summed E-state index contributed by atoms with van der Waals surface area (Å²) in [4.78, 5) is 86.4. The van der Waals surface area contributed by atoms with Crippen LogP contribution in [0.2, 0.25) is 0 Å². The van der Waals surface area contributed by atoms with Crippen LogP contribution in [0, 0.1) is 0 Å². The van der Waals surface area contributed by atoms with Crippen LogP contribution in [0.4, 0.5) is 30.7 Å². The quantitative estimate of drug-likeness (QED) is 0.0246. The van der Waals surface area contributed by atoms with Gasteiger partial charge in [-0.05, 0) is 82.7 Å². The number of aromatic nitrogens is 11. The largest absolute Gasteiger partial charge is 0.495 e. The number of likely N-dealkylation sites (tertiary alicyclic amines) is 1. The molecule has 3 fully saturated rings. The number of hydrogen-bond acceptors (Lipinski definition) is 28. The molecule has 1 unspecified atom stereocenters. The maximum absolute atomic E-state index is 14.8. The van der Waals surface area contributed by atoms with Gasteiger partial charge in [0.05, 0.1) is 88.0 Å². The lowest BCUT2D eigenvalue weighted by atomic mass is 9.90. The normalized spacial score (nSPS) is 16.5. The number of halogens is 7. The number of rotatable bonds is 22. The number of hydrogen-bond donors (Lipinski definition) is 3. The van der Waals surface area contributed by atoms with Crippen LogP contribution in [-0.4, -0.2) is 174 Å². The van der Waals surface area contributed by atoms with E-state index in [0.29, 0.717) is 73.8 Å². The van der Waals surface area contributed by atoms with Gasteiger partial charge in [-0.1, -0.05) is 63.0 Å². The number of thiophene rings is 1. The van der Waals surface area contributed by atoms with E-state index in [-0.39, 0.29) is 78.2 Å². The SMILES string of the molecule is CC.CC.COc1cnc2nc(C(F)F)nc(SCC(=O)c3ccc(C4(O)CCN(C)CC4)s3)c2c1.COc1cnc2nc(C(F)F)nc(SCC(=O)c3cnc(C4(F)CCNC4)s3)c2c1.COc1cnc2nc(C(F)F)nc(SCC(=O)c3cnc(C4(OC)CCNCC4)s3)c2c1. The molecule has 0 spiro atoms. The van der Waals surface area contributed by atoms with Gasteiger partial charge in [-0.15, -0.1) is 34.0 Å². The minimum atomic E-state index is -2.88. The van der Waals surface area contributed by atoms with Crippen molar-refractivity contribution < 1.29 is 69.2 Å². The monoisotopic (exact) mass is 1480 g/mol. The molecule has 526 valence electrons. The van der Waals surface area contributed by atoms with Crippen molar-refractivity contribution in [2.45, 2.75) is 111 Å². The van der Waals surface area contributed by atoms with Crippen LogP contribution >= 0.6 is 69.3 Å². The predicted molar refractivity (Wildman–Crippen MR) is 365 cm³/mol. The van der Waals surface area contributed by atoms with Gasteiger partial charge in [0.1, 0.15) is 53.5 Å². The summed E-state index contributed by atoms with van der Waals surface area (Å²) in [5, 5.41) is 20.2. The van der Waals surface area contributed by atoms with Gasteiger partial charge in [0, 0.05) is 50.4 Å². The molecule has 1 atom stereocenters. The van der Waals surface area contributed by atoms with Crippen molar-refractivity contribution >= 4 is 120 Å². The van der Waals surface area contributed by atoms with Crippen LogP contribution in [0.1, 0.15) is 140 Å². The minimum Gasteiger partial charge on any atom is -0.495 e. The first-order chi connectivity index (χ1) is 47.1. The average Bonchev–Trinajstić information content (AvgIpc) is 1.25. The molecule has 12 heterocycles. The van der Waals surface area contributed by atoms with E-state index in [1.54, 1.807) is 43.6 Å². The molecule has 98 heavy (non-hydrogen) atoms. The number of nitrogens with zero attached hydrogens (tertiary/aromatic N) is 12. The fourth-order valence-corrected chi connectivity index (χ4v) is 16.0.